The maximum atomic E-state index is 5.38. The second-order valence-electron chi connectivity index (χ2n) is 15.5. The van der Waals surface area contributed by atoms with E-state index in [0.29, 0.717) is 34.9 Å². The minimum absolute atomic E-state index is 0.525. The largest absolute Gasteiger partial charge is 0.309 e. The molecule has 12 aromatic rings. The summed E-state index contributed by atoms with van der Waals surface area (Å²) in [6.07, 6.45) is 0. The first kappa shape index (κ1) is 36.2. The molecule has 0 saturated carbocycles. The lowest BCUT2D eigenvalue weighted by Crippen LogP contribution is -2.05. The molecule has 3 heterocycles. The van der Waals surface area contributed by atoms with Crippen molar-refractivity contribution in [2.75, 3.05) is 0 Å². The summed E-state index contributed by atoms with van der Waals surface area (Å²) in [5, 5.41) is 7.02. The predicted molar refractivity (Wildman–Crippen MR) is 255 cm³/mol. The van der Waals surface area contributed by atoms with Crippen molar-refractivity contribution in [3.8, 4) is 74.0 Å². The summed E-state index contributed by atoms with van der Waals surface area (Å²) >= 11 is 0. The molecule has 12 rings (SSSR count). The minimum atomic E-state index is 0.525. The first-order valence-electron chi connectivity index (χ1n) is 21.0. The molecule has 0 radical (unpaired) electrons. The third kappa shape index (κ3) is 6.47. The van der Waals surface area contributed by atoms with Crippen LogP contribution in [0.15, 0.2) is 212 Å². The molecule has 9 aromatic carbocycles. The van der Waals surface area contributed by atoms with Gasteiger partial charge in [-0.05, 0) is 57.9 Å². The lowest BCUT2D eigenvalue weighted by atomic mass is 10.00. The number of hydrogen-bond donors (Lipinski definition) is 0. The molecule has 294 valence electrons. The summed E-state index contributed by atoms with van der Waals surface area (Å²) in [4.78, 5) is 31.1. The van der Waals surface area contributed by atoms with E-state index in [-0.39, 0.29) is 0 Å². The van der Waals surface area contributed by atoms with Crippen LogP contribution in [0.25, 0.3) is 117 Å². The van der Waals surface area contributed by atoms with Gasteiger partial charge in [0.15, 0.2) is 34.9 Å². The second-order valence-corrected chi connectivity index (χ2v) is 15.5. The Hall–Kier alpha value is -8.68. The molecule has 0 aliphatic heterocycles. The van der Waals surface area contributed by atoms with E-state index in [4.69, 9.17) is 29.9 Å². The third-order valence-corrected chi connectivity index (χ3v) is 11.7. The fourth-order valence-electron chi connectivity index (χ4n) is 8.66. The van der Waals surface area contributed by atoms with E-state index >= 15 is 0 Å². The normalized spacial score (nSPS) is 11.5. The quantitative estimate of drug-likeness (QED) is 0.149. The van der Waals surface area contributed by atoms with Crippen LogP contribution in [0.4, 0.5) is 0 Å². The Balaban J connectivity index is 1.13. The van der Waals surface area contributed by atoms with E-state index in [2.05, 4.69) is 126 Å². The van der Waals surface area contributed by atoms with Crippen LogP contribution < -0.4 is 0 Å². The maximum absolute atomic E-state index is 5.38. The predicted octanol–water partition coefficient (Wildman–Crippen LogP) is 13.5. The average Bonchev–Trinajstić information content (AvgIpc) is 3.70. The number of fused-ring (bicyclic) bond motifs is 6. The SMILES string of the molecule is c1ccc(-c2nc(-c3ccccc3)nc(-c3ccc(-n4c5ccccc5c5ccccc54)c(-c4nc(-c5ccccc5)nc(-c5ccc6c(ccc7ccccc76)c5)n4)c3)n2)cc1. The highest BCUT2D eigenvalue weighted by Crippen LogP contribution is 2.39. The van der Waals surface area contributed by atoms with E-state index in [1.807, 2.05) is 91.0 Å². The van der Waals surface area contributed by atoms with Gasteiger partial charge < -0.3 is 4.57 Å². The fourth-order valence-corrected chi connectivity index (χ4v) is 8.66. The van der Waals surface area contributed by atoms with Crippen LogP contribution in [0.3, 0.4) is 0 Å². The lowest BCUT2D eigenvalue weighted by Gasteiger charge is -2.16. The maximum Gasteiger partial charge on any atom is 0.166 e. The van der Waals surface area contributed by atoms with Gasteiger partial charge in [0.2, 0.25) is 0 Å². The molecule has 7 nitrogen and oxygen atoms in total. The van der Waals surface area contributed by atoms with Crippen LogP contribution >= 0.6 is 0 Å². The van der Waals surface area contributed by atoms with Crippen molar-refractivity contribution in [2.45, 2.75) is 0 Å². The number of hydrogen-bond acceptors (Lipinski definition) is 6. The summed E-state index contributed by atoms with van der Waals surface area (Å²) in [6.45, 7) is 0. The van der Waals surface area contributed by atoms with Crippen LogP contribution in [0.1, 0.15) is 0 Å². The zero-order valence-corrected chi connectivity index (χ0v) is 33.8. The first-order valence-corrected chi connectivity index (χ1v) is 21.0. The Bertz CT molecular complexity index is 3570. The molecule has 63 heavy (non-hydrogen) atoms. The zero-order chi connectivity index (χ0) is 41.7. The summed E-state index contributed by atoms with van der Waals surface area (Å²) < 4.78 is 2.31. The molecule has 0 unspecified atom stereocenters. The van der Waals surface area contributed by atoms with Crippen LogP contribution in [0.2, 0.25) is 0 Å². The smallest absolute Gasteiger partial charge is 0.166 e. The summed E-state index contributed by atoms with van der Waals surface area (Å²) in [5.74, 6) is 3.39. The number of rotatable bonds is 7. The molecule has 7 heteroatoms. The monoisotopic (exact) mass is 805 g/mol. The van der Waals surface area contributed by atoms with Gasteiger partial charge in [0.25, 0.3) is 0 Å². The highest BCUT2D eigenvalue weighted by Gasteiger charge is 2.22. The number of aromatic nitrogens is 7. The van der Waals surface area contributed by atoms with Crippen LogP contribution in [-0.2, 0) is 0 Å². The number of para-hydroxylation sites is 2. The molecule has 0 saturated heterocycles. The van der Waals surface area contributed by atoms with Gasteiger partial charge in [0, 0.05) is 44.2 Å². The van der Waals surface area contributed by atoms with Crippen LogP contribution in [0.5, 0.6) is 0 Å². The molecule has 0 N–H and O–H groups in total. The Labute approximate surface area is 362 Å². The molecule has 0 spiro atoms. The van der Waals surface area contributed by atoms with Crippen molar-refractivity contribution in [3.63, 3.8) is 0 Å². The van der Waals surface area contributed by atoms with Crippen LogP contribution in [0, 0.1) is 0 Å². The highest BCUT2D eigenvalue weighted by atomic mass is 15.1. The summed E-state index contributed by atoms with van der Waals surface area (Å²) in [5.41, 5.74) is 8.25. The minimum Gasteiger partial charge on any atom is -0.309 e. The van der Waals surface area contributed by atoms with Crippen LogP contribution in [-0.4, -0.2) is 34.5 Å². The van der Waals surface area contributed by atoms with Gasteiger partial charge in [-0.25, -0.2) is 29.9 Å². The summed E-state index contributed by atoms with van der Waals surface area (Å²) in [7, 11) is 0. The van der Waals surface area contributed by atoms with Crippen molar-refractivity contribution in [1.29, 1.82) is 0 Å². The molecule has 0 atom stereocenters. The molecule has 0 aliphatic carbocycles. The molecular weight excluding hydrogens is 771 g/mol. The number of nitrogens with zero attached hydrogens (tertiary/aromatic N) is 7. The van der Waals surface area contributed by atoms with E-state index in [9.17, 15) is 0 Å². The summed E-state index contributed by atoms with van der Waals surface area (Å²) in [6, 6.07) is 72.9. The van der Waals surface area contributed by atoms with E-state index < -0.39 is 0 Å². The van der Waals surface area contributed by atoms with Crippen molar-refractivity contribution in [3.05, 3.63) is 212 Å². The first-order chi connectivity index (χ1) is 31.2. The van der Waals surface area contributed by atoms with Crippen molar-refractivity contribution in [1.82, 2.24) is 34.5 Å². The zero-order valence-electron chi connectivity index (χ0n) is 33.8. The van der Waals surface area contributed by atoms with Gasteiger partial charge in [0.05, 0.1) is 16.7 Å². The van der Waals surface area contributed by atoms with Gasteiger partial charge in [-0.3, -0.25) is 0 Å². The van der Waals surface area contributed by atoms with Gasteiger partial charge in [-0.1, -0.05) is 176 Å². The second kappa shape index (κ2) is 15.1. The van der Waals surface area contributed by atoms with E-state index in [1.54, 1.807) is 0 Å². The molecule has 0 amide bonds. The Morgan fingerprint density at radius 2 is 0.651 bits per heavy atom. The Morgan fingerprint density at radius 1 is 0.254 bits per heavy atom. The highest BCUT2D eigenvalue weighted by molar-refractivity contribution is 6.10. The molecule has 0 aliphatic rings. The molecule has 3 aromatic heterocycles. The Morgan fingerprint density at radius 3 is 1.21 bits per heavy atom. The number of benzene rings is 9. The average molecular weight is 806 g/mol. The fraction of sp³-hybridized carbons (Fsp3) is 0. The molecular formula is C56H35N7. The van der Waals surface area contributed by atoms with Crippen molar-refractivity contribution < 1.29 is 0 Å². The van der Waals surface area contributed by atoms with Gasteiger partial charge >= 0.3 is 0 Å². The van der Waals surface area contributed by atoms with Gasteiger partial charge in [-0.2, -0.15) is 0 Å². The van der Waals surface area contributed by atoms with Crippen molar-refractivity contribution in [2.24, 2.45) is 0 Å². The Kier molecular flexibility index (Phi) is 8.67. The third-order valence-electron chi connectivity index (χ3n) is 11.7. The lowest BCUT2D eigenvalue weighted by molar-refractivity contribution is 1.06. The van der Waals surface area contributed by atoms with Gasteiger partial charge in [-0.15, -0.1) is 0 Å². The van der Waals surface area contributed by atoms with E-state index in [1.165, 1.54) is 16.2 Å². The molecule has 0 fully saturated rings. The van der Waals surface area contributed by atoms with E-state index in [0.717, 1.165) is 66.3 Å². The van der Waals surface area contributed by atoms with Crippen molar-refractivity contribution >= 4 is 43.4 Å². The molecule has 0 bridgehead atoms. The standard InChI is InChI=1S/C56H35N7/c1-4-17-37(18-5-1)51-57-52(38-19-6-2-7-20-38)59-55(58-51)42-31-33-50(63-48-26-14-12-24-45(48)46-25-13-15-27-49(46)63)47(35-42)56-61-53(39-21-8-3-9-22-39)60-54(62-56)41-30-32-44-40(34-41)29-28-36-16-10-11-23-43(36)44/h1-35H. The van der Waals surface area contributed by atoms with Gasteiger partial charge in [0.1, 0.15) is 0 Å². The topological polar surface area (TPSA) is 82.3 Å².